The summed E-state index contributed by atoms with van der Waals surface area (Å²) in [6.07, 6.45) is 1.42. The van der Waals surface area contributed by atoms with Gasteiger partial charge in [-0.25, -0.2) is 0 Å². The summed E-state index contributed by atoms with van der Waals surface area (Å²) in [5.41, 5.74) is 8.28. The van der Waals surface area contributed by atoms with Crippen LogP contribution in [0.3, 0.4) is 0 Å². The first kappa shape index (κ1) is 20.1. The normalized spacial score (nSPS) is 19.1. The smallest absolute Gasteiger partial charge is 0.250 e. The summed E-state index contributed by atoms with van der Waals surface area (Å²) in [5.74, 6) is -0.332. The maximum Gasteiger partial charge on any atom is 0.250 e. The third-order valence-corrected chi connectivity index (χ3v) is 7.18. The molecule has 0 spiro atoms. The van der Waals surface area contributed by atoms with Gasteiger partial charge in [0.1, 0.15) is 12.3 Å². The molecule has 144 valence electrons. The molecule has 0 saturated carbocycles. The molecule has 1 amide bonds. The molecule has 1 aliphatic rings. The molecule has 1 aromatic carbocycles. The molecule has 1 unspecified atom stereocenters. The number of carbonyl (C=O) groups is 2. The van der Waals surface area contributed by atoms with Crippen molar-refractivity contribution in [3.63, 3.8) is 0 Å². The fourth-order valence-electron chi connectivity index (χ4n) is 3.66. The van der Waals surface area contributed by atoms with Gasteiger partial charge in [-0.1, -0.05) is 23.7 Å². The standard InChI is InChI=1S/C21H25ClN2O2S/c1-13(2)24(3)9-8-17-19(12-24)27-18(20(17)21(23)26)11-16(25)10-14-4-6-15(22)7-5-14/h4-7,13H,8-12H2,1-3H3,(H-,23,26)/p+1. The Balaban J connectivity index is 1.83. The van der Waals surface area contributed by atoms with Crippen LogP contribution in [-0.4, -0.2) is 35.8 Å². The first-order chi connectivity index (χ1) is 12.7. The van der Waals surface area contributed by atoms with Gasteiger partial charge in [0.15, 0.2) is 0 Å². The Hall–Kier alpha value is -1.69. The molecule has 4 nitrogen and oxygen atoms in total. The number of hydrogen-bond donors (Lipinski definition) is 1. The van der Waals surface area contributed by atoms with E-state index in [2.05, 4.69) is 20.9 Å². The average Bonchev–Trinajstić information content (AvgIpc) is 2.93. The minimum absolute atomic E-state index is 0.0829. The largest absolute Gasteiger partial charge is 0.366 e. The van der Waals surface area contributed by atoms with Crippen molar-refractivity contribution in [1.29, 1.82) is 0 Å². The number of likely N-dealkylation sites (N-methyl/N-ethyl adjacent to an activating group) is 1. The van der Waals surface area contributed by atoms with Gasteiger partial charge < -0.3 is 10.2 Å². The number of ketones is 1. The Labute approximate surface area is 169 Å². The Kier molecular flexibility index (Phi) is 5.75. The second-order valence-electron chi connectivity index (χ2n) is 7.89. The zero-order valence-corrected chi connectivity index (χ0v) is 17.6. The Morgan fingerprint density at radius 3 is 2.48 bits per heavy atom. The van der Waals surface area contributed by atoms with E-state index in [9.17, 15) is 9.59 Å². The van der Waals surface area contributed by atoms with Gasteiger partial charge in [-0.3, -0.25) is 9.59 Å². The molecule has 0 saturated heterocycles. The molecule has 1 aromatic heterocycles. The van der Waals surface area contributed by atoms with Gasteiger partial charge in [0.2, 0.25) is 5.91 Å². The molecule has 0 bridgehead atoms. The van der Waals surface area contributed by atoms with E-state index in [0.29, 0.717) is 23.0 Å². The number of primary amides is 1. The number of carbonyl (C=O) groups excluding carboxylic acids is 2. The Morgan fingerprint density at radius 1 is 1.22 bits per heavy atom. The second kappa shape index (κ2) is 7.74. The molecule has 2 heterocycles. The van der Waals surface area contributed by atoms with E-state index in [4.69, 9.17) is 17.3 Å². The first-order valence-electron chi connectivity index (χ1n) is 9.23. The Bertz CT molecular complexity index is 873. The van der Waals surface area contributed by atoms with Gasteiger partial charge in [-0.05, 0) is 37.1 Å². The number of nitrogens with two attached hydrogens (primary N) is 1. The van der Waals surface area contributed by atoms with Crippen LogP contribution in [-0.2, 0) is 30.6 Å². The van der Waals surface area contributed by atoms with Crippen LogP contribution in [0.25, 0.3) is 0 Å². The van der Waals surface area contributed by atoms with Gasteiger partial charge in [-0.15, -0.1) is 11.3 Å². The average molecular weight is 406 g/mol. The van der Waals surface area contributed by atoms with Crippen LogP contribution < -0.4 is 5.73 Å². The van der Waals surface area contributed by atoms with Crippen molar-refractivity contribution in [3.05, 3.63) is 55.7 Å². The van der Waals surface area contributed by atoms with E-state index in [1.165, 1.54) is 4.88 Å². The topological polar surface area (TPSA) is 60.2 Å². The number of rotatable bonds is 6. The van der Waals surface area contributed by atoms with E-state index in [1.807, 2.05) is 12.1 Å². The van der Waals surface area contributed by atoms with Gasteiger partial charge in [-0.2, -0.15) is 0 Å². The lowest BCUT2D eigenvalue weighted by Crippen LogP contribution is -2.52. The zero-order valence-electron chi connectivity index (χ0n) is 16.0. The highest BCUT2D eigenvalue weighted by Gasteiger charge is 2.36. The molecule has 0 aliphatic carbocycles. The number of quaternary nitrogens is 1. The highest BCUT2D eigenvalue weighted by Crippen LogP contribution is 2.36. The number of amides is 1. The lowest BCUT2D eigenvalue weighted by atomic mass is 9.96. The molecule has 1 atom stereocenters. The number of thiophene rings is 1. The SMILES string of the molecule is CC(C)[N+]1(C)CCc2c(sc(CC(=O)Cc3ccc(Cl)cc3)c2C(N)=O)C1. The number of nitrogens with zero attached hydrogens (tertiary/aromatic N) is 1. The van der Waals surface area contributed by atoms with Crippen LogP contribution in [0.1, 0.15) is 45.1 Å². The number of benzene rings is 1. The van der Waals surface area contributed by atoms with Crippen LogP contribution in [0.4, 0.5) is 0 Å². The molecular weight excluding hydrogens is 380 g/mol. The lowest BCUT2D eigenvalue weighted by molar-refractivity contribution is -0.943. The fraction of sp³-hybridized carbons (Fsp3) is 0.429. The monoisotopic (exact) mass is 405 g/mol. The minimum Gasteiger partial charge on any atom is -0.366 e. The molecule has 6 heteroatoms. The quantitative estimate of drug-likeness (QED) is 0.743. The fourth-order valence-corrected chi connectivity index (χ4v) is 5.33. The summed E-state index contributed by atoms with van der Waals surface area (Å²) < 4.78 is 0.948. The molecule has 0 fully saturated rings. The number of hydrogen-bond acceptors (Lipinski definition) is 3. The van der Waals surface area contributed by atoms with Crippen LogP contribution in [0.5, 0.6) is 0 Å². The number of Topliss-reactive ketones (excluding diaryl/α,β-unsaturated/α-hetero) is 1. The van der Waals surface area contributed by atoms with Crippen LogP contribution in [0.2, 0.25) is 5.02 Å². The Morgan fingerprint density at radius 2 is 1.89 bits per heavy atom. The van der Waals surface area contributed by atoms with Crippen molar-refractivity contribution < 1.29 is 14.1 Å². The summed E-state index contributed by atoms with van der Waals surface area (Å²) in [4.78, 5) is 26.8. The summed E-state index contributed by atoms with van der Waals surface area (Å²) in [6, 6.07) is 7.80. The molecule has 2 aromatic rings. The van der Waals surface area contributed by atoms with Crippen molar-refractivity contribution in [2.45, 2.75) is 45.7 Å². The third kappa shape index (κ3) is 4.26. The molecular formula is C21H26ClN2O2S+. The van der Waals surface area contributed by atoms with Gasteiger partial charge in [0, 0.05) is 29.2 Å². The predicted molar refractivity (Wildman–Crippen MR) is 110 cm³/mol. The maximum absolute atomic E-state index is 12.6. The molecule has 3 rings (SSSR count). The molecule has 2 N–H and O–H groups in total. The van der Waals surface area contributed by atoms with Crippen LogP contribution in [0.15, 0.2) is 24.3 Å². The van der Waals surface area contributed by atoms with Gasteiger partial charge in [0.05, 0.1) is 30.1 Å². The van der Waals surface area contributed by atoms with Crippen molar-refractivity contribution in [2.24, 2.45) is 5.73 Å². The summed E-state index contributed by atoms with van der Waals surface area (Å²) in [5, 5.41) is 0.652. The molecule has 0 radical (unpaired) electrons. The van der Waals surface area contributed by atoms with E-state index < -0.39 is 5.91 Å². The molecule has 1 aliphatic heterocycles. The summed E-state index contributed by atoms with van der Waals surface area (Å²) in [6.45, 7) is 6.33. The summed E-state index contributed by atoms with van der Waals surface area (Å²) >= 11 is 7.49. The van der Waals surface area contributed by atoms with E-state index in [0.717, 1.165) is 40.0 Å². The minimum atomic E-state index is -0.414. The van der Waals surface area contributed by atoms with Crippen LogP contribution >= 0.6 is 22.9 Å². The second-order valence-corrected chi connectivity index (χ2v) is 9.52. The van der Waals surface area contributed by atoms with Crippen molar-refractivity contribution in [3.8, 4) is 0 Å². The third-order valence-electron chi connectivity index (χ3n) is 5.71. The maximum atomic E-state index is 12.6. The zero-order chi connectivity index (χ0) is 19.8. The first-order valence-corrected chi connectivity index (χ1v) is 10.4. The highest BCUT2D eigenvalue weighted by atomic mass is 35.5. The van der Waals surface area contributed by atoms with Crippen molar-refractivity contribution in [1.82, 2.24) is 0 Å². The van der Waals surface area contributed by atoms with Crippen molar-refractivity contribution >= 4 is 34.6 Å². The van der Waals surface area contributed by atoms with Gasteiger partial charge >= 0.3 is 0 Å². The number of fused-ring (bicyclic) bond motifs is 1. The predicted octanol–water partition coefficient (Wildman–Crippen LogP) is 3.77. The van der Waals surface area contributed by atoms with E-state index >= 15 is 0 Å². The summed E-state index contributed by atoms with van der Waals surface area (Å²) in [7, 11) is 2.25. The number of halogens is 1. The van der Waals surface area contributed by atoms with Crippen molar-refractivity contribution in [2.75, 3.05) is 13.6 Å². The highest BCUT2D eigenvalue weighted by molar-refractivity contribution is 7.12. The van der Waals surface area contributed by atoms with Gasteiger partial charge in [0.25, 0.3) is 0 Å². The van der Waals surface area contributed by atoms with E-state index in [-0.39, 0.29) is 12.2 Å². The van der Waals surface area contributed by atoms with Crippen LogP contribution in [0, 0.1) is 0 Å². The lowest BCUT2D eigenvalue weighted by Gasteiger charge is -2.41. The molecule has 27 heavy (non-hydrogen) atoms. The van der Waals surface area contributed by atoms with E-state index in [1.54, 1.807) is 23.5 Å².